The average molecular weight is 426 g/mol. The zero-order valence-corrected chi connectivity index (χ0v) is 16.2. The Bertz CT molecular complexity index is 1410. The number of aromatic nitrogens is 4. The number of likely N-dealkylation sites (N-methyl/N-ethyl adjacent to an activating group) is 1. The molecule has 0 radical (unpaired) electrons. The highest BCUT2D eigenvalue weighted by Gasteiger charge is 2.35. The molecule has 158 valence electrons. The van der Waals surface area contributed by atoms with Crippen molar-refractivity contribution in [2.45, 2.75) is 6.04 Å². The molecule has 1 aliphatic heterocycles. The predicted molar refractivity (Wildman–Crippen MR) is 109 cm³/mol. The third-order valence-corrected chi connectivity index (χ3v) is 5.42. The van der Waals surface area contributed by atoms with Crippen LogP contribution in [0.2, 0.25) is 0 Å². The Balaban J connectivity index is 1.61. The minimum Gasteiger partial charge on any atom is -0.465 e. The Kier molecular flexibility index (Phi) is 4.22. The molecule has 1 amide bonds. The van der Waals surface area contributed by atoms with E-state index in [0.29, 0.717) is 29.7 Å². The second-order valence-corrected chi connectivity index (χ2v) is 7.53. The van der Waals surface area contributed by atoms with Crippen LogP contribution in [-0.4, -0.2) is 62.4 Å². The SMILES string of the molecule is CN1CC(N(C(=O)O)c2nc3ccc(-c4n[nH]c(=O)c5cc(F)c(F)cc45)cc3[nH]2)C1. The van der Waals surface area contributed by atoms with Gasteiger partial charge in [-0.3, -0.25) is 4.79 Å². The van der Waals surface area contributed by atoms with E-state index < -0.39 is 23.3 Å². The molecule has 1 aliphatic rings. The number of rotatable bonds is 3. The molecule has 5 rings (SSSR count). The number of halogens is 2. The molecule has 2 aromatic carbocycles. The Morgan fingerprint density at radius 1 is 1.19 bits per heavy atom. The lowest BCUT2D eigenvalue weighted by Crippen LogP contribution is -2.59. The number of aromatic amines is 2. The van der Waals surface area contributed by atoms with Crippen LogP contribution in [0.4, 0.5) is 19.5 Å². The highest BCUT2D eigenvalue weighted by atomic mass is 19.2. The van der Waals surface area contributed by atoms with Crippen molar-refractivity contribution in [1.82, 2.24) is 25.1 Å². The van der Waals surface area contributed by atoms with E-state index in [1.165, 1.54) is 4.90 Å². The molecule has 9 nitrogen and oxygen atoms in total. The van der Waals surface area contributed by atoms with Crippen molar-refractivity contribution in [2.75, 3.05) is 25.0 Å². The third-order valence-electron chi connectivity index (χ3n) is 5.42. The predicted octanol–water partition coefficient (Wildman–Crippen LogP) is 2.54. The van der Waals surface area contributed by atoms with Crippen LogP contribution >= 0.6 is 0 Å². The van der Waals surface area contributed by atoms with Crippen LogP contribution in [0, 0.1) is 11.6 Å². The van der Waals surface area contributed by atoms with Gasteiger partial charge in [-0.1, -0.05) is 6.07 Å². The van der Waals surface area contributed by atoms with Gasteiger partial charge in [0.25, 0.3) is 5.56 Å². The fourth-order valence-electron chi connectivity index (χ4n) is 3.88. The van der Waals surface area contributed by atoms with Crippen LogP contribution < -0.4 is 10.5 Å². The van der Waals surface area contributed by atoms with Crippen molar-refractivity contribution < 1.29 is 18.7 Å². The molecule has 0 saturated carbocycles. The first kappa shape index (κ1) is 19.1. The molecule has 11 heteroatoms. The highest BCUT2D eigenvalue weighted by molar-refractivity contribution is 5.96. The maximum Gasteiger partial charge on any atom is 0.414 e. The summed E-state index contributed by atoms with van der Waals surface area (Å²) in [6.45, 7) is 1.20. The van der Waals surface area contributed by atoms with Gasteiger partial charge in [-0.05, 0) is 31.3 Å². The number of amides is 1. The second kappa shape index (κ2) is 6.84. The number of fused-ring (bicyclic) bond motifs is 2. The lowest BCUT2D eigenvalue weighted by molar-refractivity contribution is 0.160. The summed E-state index contributed by atoms with van der Waals surface area (Å²) in [5.41, 5.74) is 1.20. The summed E-state index contributed by atoms with van der Waals surface area (Å²) in [5.74, 6) is -2.02. The fourth-order valence-corrected chi connectivity index (χ4v) is 3.88. The third kappa shape index (κ3) is 3.10. The molecule has 2 aromatic heterocycles. The summed E-state index contributed by atoms with van der Waals surface area (Å²) in [4.78, 5) is 34.4. The molecular weight excluding hydrogens is 410 g/mol. The van der Waals surface area contributed by atoms with E-state index in [0.717, 1.165) is 12.1 Å². The number of carboxylic acid groups (broad SMARTS) is 1. The molecule has 0 aliphatic carbocycles. The summed E-state index contributed by atoms with van der Waals surface area (Å²) in [7, 11) is 1.90. The van der Waals surface area contributed by atoms with Crippen molar-refractivity contribution in [3.05, 3.63) is 52.3 Å². The topological polar surface area (TPSA) is 118 Å². The smallest absolute Gasteiger partial charge is 0.414 e. The second-order valence-electron chi connectivity index (χ2n) is 7.53. The fraction of sp³-hybridized carbons (Fsp3) is 0.200. The lowest BCUT2D eigenvalue weighted by atomic mass is 10.0. The zero-order valence-electron chi connectivity index (χ0n) is 16.2. The molecule has 0 spiro atoms. The molecule has 0 unspecified atom stereocenters. The Hall–Kier alpha value is -3.86. The molecule has 31 heavy (non-hydrogen) atoms. The Morgan fingerprint density at radius 2 is 1.90 bits per heavy atom. The maximum atomic E-state index is 13.8. The number of hydrogen-bond acceptors (Lipinski definition) is 5. The number of nitrogens with one attached hydrogen (secondary N) is 2. The van der Waals surface area contributed by atoms with Crippen LogP contribution in [0.15, 0.2) is 35.1 Å². The number of benzene rings is 2. The molecule has 1 saturated heterocycles. The van der Waals surface area contributed by atoms with Gasteiger partial charge in [0.2, 0.25) is 5.95 Å². The van der Waals surface area contributed by atoms with Gasteiger partial charge in [0.15, 0.2) is 11.6 Å². The number of hydrogen-bond donors (Lipinski definition) is 3. The first-order chi connectivity index (χ1) is 14.8. The summed E-state index contributed by atoms with van der Waals surface area (Å²) in [5, 5.41) is 16.1. The van der Waals surface area contributed by atoms with Crippen LogP contribution in [0.5, 0.6) is 0 Å². The Morgan fingerprint density at radius 3 is 2.58 bits per heavy atom. The largest absolute Gasteiger partial charge is 0.465 e. The van der Waals surface area contributed by atoms with Gasteiger partial charge in [-0.15, -0.1) is 0 Å². The molecule has 3 heterocycles. The summed E-state index contributed by atoms with van der Waals surface area (Å²) in [6.07, 6.45) is -1.11. The quantitative estimate of drug-likeness (QED) is 0.463. The highest BCUT2D eigenvalue weighted by Crippen LogP contribution is 2.30. The molecule has 4 aromatic rings. The first-order valence-electron chi connectivity index (χ1n) is 9.40. The number of nitrogens with zero attached hydrogens (tertiary/aromatic N) is 4. The number of likely N-dealkylation sites (tertiary alicyclic amines) is 1. The minimum atomic E-state index is -1.13. The monoisotopic (exact) mass is 426 g/mol. The van der Waals surface area contributed by atoms with Gasteiger partial charge >= 0.3 is 6.09 Å². The molecule has 0 atom stereocenters. The normalized spacial score (nSPS) is 14.8. The van der Waals surface area contributed by atoms with E-state index in [4.69, 9.17) is 0 Å². The van der Waals surface area contributed by atoms with Gasteiger partial charge in [0.05, 0.1) is 28.2 Å². The Labute approximate surface area is 172 Å². The van der Waals surface area contributed by atoms with E-state index in [9.17, 15) is 23.5 Å². The van der Waals surface area contributed by atoms with E-state index in [2.05, 4.69) is 20.2 Å². The van der Waals surface area contributed by atoms with Gasteiger partial charge in [0.1, 0.15) is 0 Å². The lowest BCUT2D eigenvalue weighted by Gasteiger charge is -2.40. The molecular formula is C20H16F2N6O3. The molecule has 0 bridgehead atoms. The van der Waals surface area contributed by atoms with Crippen molar-refractivity contribution in [1.29, 1.82) is 0 Å². The number of carbonyl (C=O) groups is 1. The van der Waals surface area contributed by atoms with Crippen molar-refractivity contribution in [2.24, 2.45) is 0 Å². The van der Waals surface area contributed by atoms with E-state index >= 15 is 0 Å². The summed E-state index contributed by atoms with van der Waals surface area (Å²) in [6, 6.07) is 6.56. The van der Waals surface area contributed by atoms with Crippen LogP contribution in [0.1, 0.15) is 0 Å². The number of H-pyrrole nitrogens is 2. The average Bonchev–Trinajstić information content (AvgIpc) is 3.11. The van der Waals surface area contributed by atoms with Gasteiger partial charge in [0, 0.05) is 24.0 Å². The number of anilines is 1. The van der Waals surface area contributed by atoms with E-state index in [1.54, 1.807) is 18.2 Å². The van der Waals surface area contributed by atoms with Crippen molar-refractivity contribution >= 4 is 33.8 Å². The minimum absolute atomic E-state index is 0.0274. The van der Waals surface area contributed by atoms with E-state index in [1.807, 2.05) is 11.9 Å². The maximum absolute atomic E-state index is 13.8. The van der Waals surface area contributed by atoms with Crippen LogP contribution in [0.25, 0.3) is 33.1 Å². The summed E-state index contributed by atoms with van der Waals surface area (Å²) >= 11 is 0. The van der Waals surface area contributed by atoms with Gasteiger partial charge < -0.3 is 15.0 Å². The van der Waals surface area contributed by atoms with Gasteiger partial charge in [-0.2, -0.15) is 5.10 Å². The van der Waals surface area contributed by atoms with Crippen LogP contribution in [0.3, 0.4) is 0 Å². The number of imidazole rings is 1. The zero-order chi connectivity index (χ0) is 21.9. The molecule has 3 N–H and O–H groups in total. The molecule has 1 fully saturated rings. The van der Waals surface area contributed by atoms with Crippen LogP contribution in [-0.2, 0) is 0 Å². The van der Waals surface area contributed by atoms with Crippen molar-refractivity contribution in [3.63, 3.8) is 0 Å². The summed E-state index contributed by atoms with van der Waals surface area (Å²) < 4.78 is 27.5. The van der Waals surface area contributed by atoms with E-state index in [-0.39, 0.29) is 28.5 Å². The first-order valence-corrected chi connectivity index (χ1v) is 9.40. The standard InChI is InChI=1S/C20H16F2N6O3/c1-27-7-10(8-27)28(20(30)31)19-23-15-3-2-9(4-16(15)24-19)17-11-5-13(21)14(22)6-12(11)18(29)26-25-17/h2-6,10H,7-8H2,1H3,(H,23,24)(H,26,29)(H,30,31). The van der Waals surface area contributed by atoms with Gasteiger partial charge in [-0.25, -0.2) is 28.6 Å². The van der Waals surface area contributed by atoms with Crippen molar-refractivity contribution in [3.8, 4) is 11.3 Å².